The van der Waals surface area contributed by atoms with Gasteiger partial charge in [0.25, 0.3) is 0 Å². The summed E-state index contributed by atoms with van der Waals surface area (Å²) in [6.45, 7) is 4.18. The van der Waals surface area contributed by atoms with Crippen molar-refractivity contribution in [3.63, 3.8) is 0 Å². The molecule has 1 atom stereocenters. The number of ether oxygens (including phenoxy) is 1. The minimum absolute atomic E-state index is 0.378. The third kappa shape index (κ3) is 2.77. The molecule has 0 aliphatic carbocycles. The van der Waals surface area contributed by atoms with E-state index in [2.05, 4.69) is 21.8 Å². The molecule has 2 heterocycles. The molecule has 94 valence electrons. The molecule has 0 bridgehead atoms. The predicted molar refractivity (Wildman–Crippen MR) is 72.3 cm³/mol. The normalized spacial score (nSPS) is 20.4. The van der Waals surface area contributed by atoms with Crippen molar-refractivity contribution in [1.29, 1.82) is 0 Å². The van der Waals surface area contributed by atoms with Crippen LogP contribution in [-0.4, -0.2) is 41.2 Å². The number of aromatic nitrogens is 2. The molecule has 1 aromatic heterocycles. The fraction of sp³-hybridized carbons (Fsp3) is 0.636. The average Bonchev–Trinajstić information content (AvgIpc) is 2.38. The van der Waals surface area contributed by atoms with Gasteiger partial charge in [-0.05, 0) is 6.42 Å². The van der Waals surface area contributed by atoms with E-state index in [9.17, 15) is 0 Å². The summed E-state index contributed by atoms with van der Waals surface area (Å²) in [4.78, 5) is 10.5. The number of hydrogen-bond acceptors (Lipinski definition) is 5. The number of rotatable bonds is 3. The van der Waals surface area contributed by atoms with E-state index in [4.69, 9.17) is 16.3 Å². The highest BCUT2D eigenvalue weighted by molar-refractivity contribution is 8.00. The van der Waals surface area contributed by atoms with Crippen molar-refractivity contribution in [3.8, 4) is 5.75 Å². The Balaban J connectivity index is 2.24. The number of nitrogens with zero attached hydrogens (tertiary/aromatic N) is 3. The molecule has 0 amide bonds. The van der Waals surface area contributed by atoms with Gasteiger partial charge in [0.05, 0.1) is 7.11 Å². The number of methoxy groups -OCH3 is 1. The molecule has 6 heteroatoms. The highest BCUT2D eigenvalue weighted by Gasteiger charge is 2.23. The highest BCUT2D eigenvalue weighted by Crippen LogP contribution is 2.34. The lowest BCUT2D eigenvalue weighted by atomic mass is 10.3. The molecule has 0 radical (unpaired) electrons. The van der Waals surface area contributed by atoms with Gasteiger partial charge in [-0.2, -0.15) is 11.8 Å². The summed E-state index contributed by atoms with van der Waals surface area (Å²) in [7, 11) is 1.60. The van der Waals surface area contributed by atoms with Crippen molar-refractivity contribution in [2.75, 3.05) is 30.9 Å². The summed E-state index contributed by atoms with van der Waals surface area (Å²) in [5.74, 6) is 2.51. The Hall–Kier alpha value is -0.680. The van der Waals surface area contributed by atoms with Crippen LogP contribution >= 0.6 is 23.4 Å². The van der Waals surface area contributed by atoms with Crippen LogP contribution in [0.25, 0.3) is 0 Å². The number of anilines is 1. The SMILES string of the molecule is CCC1CN(c2ncnc(Cl)c2OC)CCS1. The molecular weight excluding hydrogens is 258 g/mol. The van der Waals surface area contributed by atoms with Gasteiger partial charge < -0.3 is 9.64 Å². The van der Waals surface area contributed by atoms with Gasteiger partial charge in [0.1, 0.15) is 6.33 Å². The van der Waals surface area contributed by atoms with Crippen LogP contribution in [0.4, 0.5) is 5.82 Å². The number of hydrogen-bond donors (Lipinski definition) is 0. The van der Waals surface area contributed by atoms with Gasteiger partial charge in [0, 0.05) is 24.1 Å². The molecule has 0 spiro atoms. The van der Waals surface area contributed by atoms with E-state index in [1.54, 1.807) is 7.11 Å². The summed E-state index contributed by atoms with van der Waals surface area (Å²) in [6.07, 6.45) is 2.66. The highest BCUT2D eigenvalue weighted by atomic mass is 35.5. The molecule has 1 aliphatic heterocycles. The van der Waals surface area contributed by atoms with Crippen molar-refractivity contribution < 1.29 is 4.74 Å². The Morgan fingerprint density at radius 3 is 3.12 bits per heavy atom. The number of halogens is 1. The summed E-state index contributed by atoms with van der Waals surface area (Å²) in [5, 5.41) is 1.03. The van der Waals surface area contributed by atoms with Crippen LogP contribution in [0, 0.1) is 0 Å². The van der Waals surface area contributed by atoms with E-state index < -0.39 is 0 Å². The van der Waals surface area contributed by atoms with E-state index in [1.807, 2.05) is 11.8 Å². The Labute approximate surface area is 111 Å². The zero-order chi connectivity index (χ0) is 12.3. The van der Waals surface area contributed by atoms with Gasteiger partial charge in [0.15, 0.2) is 16.7 Å². The second-order valence-corrected chi connectivity index (χ2v) is 5.63. The maximum Gasteiger partial charge on any atom is 0.199 e. The van der Waals surface area contributed by atoms with E-state index in [-0.39, 0.29) is 0 Å². The molecule has 1 aromatic rings. The van der Waals surface area contributed by atoms with Crippen LogP contribution in [0.5, 0.6) is 5.75 Å². The van der Waals surface area contributed by atoms with Crippen LogP contribution in [0.3, 0.4) is 0 Å². The Morgan fingerprint density at radius 2 is 2.41 bits per heavy atom. The smallest absolute Gasteiger partial charge is 0.199 e. The Bertz CT molecular complexity index is 391. The number of thioether (sulfide) groups is 1. The summed E-state index contributed by atoms with van der Waals surface area (Å²) in [5.41, 5.74) is 0. The lowest BCUT2D eigenvalue weighted by molar-refractivity contribution is 0.410. The molecule has 1 fully saturated rings. The minimum atomic E-state index is 0.378. The Kier molecular flexibility index (Phi) is 4.34. The fourth-order valence-corrected chi connectivity index (χ4v) is 3.29. The summed E-state index contributed by atoms with van der Waals surface area (Å²) < 4.78 is 5.29. The average molecular weight is 274 g/mol. The first-order chi connectivity index (χ1) is 8.26. The fourth-order valence-electron chi connectivity index (χ4n) is 1.90. The van der Waals surface area contributed by atoms with Gasteiger partial charge in [0.2, 0.25) is 0 Å². The standard InChI is InChI=1S/C11H16ClN3OS/c1-3-8-6-15(4-5-17-8)11-9(16-2)10(12)13-7-14-11/h7-8H,3-6H2,1-2H3. The molecule has 1 aliphatic rings. The second kappa shape index (κ2) is 5.78. The van der Waals surface area contributed by atoms with Crippen LogP contribution in [-0.2, 0) is 0 Å². The zero-order valence-corrected chi connectivity index (χ0v) is 11.6. The van der Waals surface area contributed by atoms with Gasteiger partial charge in [-0.3, -0.25) is 0 Å². The topological polar surface area (TPSA) is 38.2 Å². The molecule has 1 saturated heterocycles. The first kappa shape index (κ1) is 12.8. The largest absolute Gasteiger partial charge is 0.490 e. The maximum absolute atomic E-state index is 6.01. The monoisotopic (exact) mass is 273 g/mol. The van der Waals surface area contributed by atoms with Gasteiger partial charge in [-0.25, -0.2) is 9.97 Å². The summed E-state index contributed by atoms with van der Waals surface area (Å²) >= 11 is 8.03. The molecule has 2 rings (SSSR count). The third-order valence-electron chi connectivity index (χ3n) is 2.84. The van der Waals surface area contributed by atoms with E-state index >= 15 is 0 Å². The van der Waals surface area contributed by atoms with Gasteiger partial charge in [-0.15, -0.1) is 0 Å². The maximum atomic E-state index is 6.01. The molecule has 0 aromatic carbocycles. The van der Waals surface area contributed by atoms with Crippen molar-refractivity contribution in [2.45, 2.75) is 18.6 Å². The first-order valence-corrected chi connectivity index (χ1v) is 7.10. The zero-order valence-electron chi connectivity index (χ0n) is 10.0. The lowest BCUT2D eigenvalue weighted by Gasteiger charge is -2.33. The van der Waals surface area contributed by atoms with Crippen LogP contribution in [0.15, 0.2) is 6.33 Å². The van der Waals surface area contributed by atoms with Gasteiger partial charge in [-0.1, -0.05) is 18.5 Å². The molecule has 0 N–H and O–H groups in total. The molecular formula is C11H16ClN3OS. The van der Waals surface area contributed by atoms with Crippen LogP contribution in [0.2, 0.25) is 5.15 Å². The lowest BCUT2D eigenvalue weighted by Crippen LogP contribution is -2.38. The van der Waals surface area contributed by atoms with Crippen LogP contribution < -0.4 is 9.64 Å². The summed E-state index contributed by atoms with van der Waals surface area (Å²) in [6, 6.07) is 0. The Morgan fingerprint density at radius 1 is 1.59 bits per heavy atom. The molecule has 0 saturated carbocycles. The van der Waals surface area contributed by atoms with E-state index in [1.165, 1.54) is 12.7 Å². The van der Waals surface area contributed by atoms with Gasteiger partial charge >= 0.3 is 0 Å². The van der Waals surface area contributed by atoms with E-state index in [0.717, 1.165) is 24.7 Å². The molecule has 1 unspecified atom stereocenters. The minimum Gasteiger partial charge on any atom is -0.490 e. The van der Waals surface area contributed by atoms with Crippen molar-refractivity contribution in [1.82, 2.24) is 9.97 Å². The second-order valence-electron chi connectivity index (χ2n) is 3.87. The van der Waals surface area contributed by atoms with Crippen molar-refractivity contribution >= 4 is 29.2 Å². The predicted octanol–water partition coefficient (Wildman–Crippen LogP) is 2.47. The quantitative estimate of drug-likeness (QED) is 0.791. The molecule has 17 heavy (non-hydrogen) atoms. The van der Waals surface area contributed by atoms with Crippen molar-refractivity contribution in [2.24, 2.45) is 0 Å². The third-order valence-corrected chi connectivity index (χ3v) is 4.48. The van der Waals surface area contributed by atoms with Crippen molar-refractivity contribution in [3.05, 3.63) is 11.5 Å². The first-order valence-electron chi connectivity index (χ1n) is 5.67. The molecule has 4 nitrogen and oxygen atoms in total. The van der Waals surface area contributed by atoms with E-state index in [0.29, 0.717) is 16.2 Å². The van der Waals surface area contributed by atoms with Crippen LogP contribution in [0.1, 0.15) is 13.3 Å².